The number of alkyl halides is 3. The van der Waals surface area contributed by atoms with E-state index in [1.165, 1.54) is 12.1 Å². The van der Waals surface area contributed by atoms with E-state index in [-0.39, 0.29) is 35.6 Å². The summed E-state index contributed by atoms with van der Waals surface area (Å²) in [5.41, 5.74) is 0.510. The fourth-order valence-electron chi connectivity index (χ4n) is 2.40. The number of rotatable bonds is 6. The van der Waals surface area contributed by atoms with Crippen LogP contribution in [0.15, 0.2) is 48.8 Å². The topological polar surface area (TPSA) is 83.0 Å². The van der Waals surface area contributed by atoms with E-state index in [0.717, 1.165) is 11.6 Å². The summed E-state index contributed by atoms with van der Waals surface area (Å²) in [4.78, 5) is 12.5. The van der Waals surface area contributed by atoms with Crippen LogP contribution in [0.3, 0.4) is 0 Å². The Hall–Kier alpha value is -2.91. The summed E-state index contributed by atoms with van der Waals surface area (Å²) in [7, 11) is 0. The number of hydrogen-bond donors (Lipinski definition) is 3. The van der Waals surface area contributed by atoms with Crippen molar-refractivity contribution in [3.63, 3.8) is 0 Å². The number of anilines is 3. The minimum Gasteiger partial charge on any atom is -0.395 e. The van der Waals surface area contributed by atoms with Crippen LogP contribution in [0.1, 0.15) is 5.56 Å². The van der Waals surface area contributed by atoms with Crippen LogP contribution in [0.2, 0.25) is 5.02 Å². The molecule has 0 aliphatic rings. The molecule has 0 aliphatic heterocycles. The lowest BCUT2D eigenvalue weighted by Gasteiger charge is -2.13. The Bertz CT molecular complexity index is 954. The molecule has 0 bridgehead atoms. The quantitative estimate of drug-likeness (QED) is 0.561. The van der Waals surface area contributed by atoms with E-state index in [4.69, 9.17) is 16.7 Å². The number of pyridine rings is 1. The van der Waals surface area contributed by atoms with E-state index < -0.39 is 11.7 Å². The smallest absolute Gasteiger partial charge is 0.395 e. The van der Waals surface area contributed by atoms with Gasteiger partial charge >= 0.3 is 6.18 Å². The Balaban J connectivity index is 1.97. The van der Waals surface area contributed by atoms with Gasteiger partial charge in [-0.05, 0) is 30.3 Å². The Kier molecular flexibility index (Phi) is 5.96. The van der Waals surface area contributed by atoms with Gasteiger partial charge in [-0.3, -0.25) is 4.98 Å². The van der Waals surface area contributed by atoms with E-state index >= 15 is 0 Å². The first-order valence-electron chi connectivity index (χ1n) is 8.15. The van der Waals surface area contributed by atoms with Gasteiger partial charge in [0, 0.05) is 36.3 Å². The van der Waals surface area contributed by atoms with Crippen LogP contribution < -0.4 is 10.6 Å². The zero-order valence-electron chi connectivity index (χ0n) is 14.3. The Morgan fingerprint density at radius 3 is 2.46 bits per heavy atom. The second kappa shape index (κ2) is 8.41. The normalized spacial score (nSPS) is 11.3. The largest absolute Gasteiger partial charge is 0.417 e. The molecule has 146 valence electrons. The molecule has 28 heavy (non-hydrogen) atoms. The average molecular weight is 410 g/mol. The van der Waals surface area contributed by atoms with Crippen LogP contribution in [0.5, 0.6) is 0 Å². The molecule has 0 atom stereocenters. The molecular weight excluding hydrogens is 395 g/mol. The first kappa shape index (κ1) is 19.8. The van der Waals surface area contributed by atoms with Crippen LogP contribution in [-0.4, -0.2) is 33.2 Å². The van der Waals surface area contributed by atoms with Crippen molar-refractivity contribution < 1.29 is 18.3 Å². The van der Waals surface area contributed by atoms with Gasteiger partial charge in [0.15, 0.2) is 0 Å². The maximum Gasteiger partial charge on any atom is 0.417 e. The van der Waals surface area contributed by atoms with Gasteiger partial charge in [-0.1, -0.05) is 11.6 Å². The van der Waals surface area contributed by atoms with E-state index in [1.54, 1.807) is 30.6 Å². The Morgan fingerprint density at radius 1 is 1.04 bits per heavy atom. The molecule has 0 fully saturated rings. The molecule has 2 heterocycles. The molecular formula is C18H15ClF3N5O. The molecule has 0 radical (unpaired) electrons. The molecule has 0 saturated carbocycles. The van der Waals surface area contributed by atoms with Crippen molar-refractivity contribution in [1.82, 2.24) is 15.0 Å². The lowest BCUT2D eigenvalue weighted by molar-refractivity contribution is -0.137. The zero-order valence-corrected chi connectivity index (χ0v) is 15.1. The second-order valence-electron chi connectivity index (χ2n) is 5.67. The molecule has 0 saturated heterocycles. The highest BCUT2D eigenvalue weighted by Crippen LogP contribution is 2.36. The van der Waals surface area contributed by atoms with Gasteiger partial charge < -0.3 is 15.7 Å². The van der Waals surface area contributed by atoms with Crippen molar-refractivity contribution >= 4 is 29.1 Å². The number of aliphatic hydroxyl groups excluding tert-OH is 1. The van der Waals surface area contributed by atoms with Gasteiger partial charge in [0.1, 0.15) is 5.82 Å². The van der Waals surface area contributed by atoms with Crippen LogP contribution in [0.25, 0.3) is 11.3 Å². The minimum absolute atomic E-state index is 0.127. The Labute approximate surface area is 163 Å². The maximum absolute atomic E-state index is 13.1. The van der Waals surface area contributed by atoms with Gasteiger partial charge in [-0.2, -0.15) is 18.2 Å². The molecule has 6 nitrogen and oxygen atoms in total. The molecule has 0 spiro atoms. The summed E-state index contributed by atoms with van der Waals surface area (Å²) in [6.45, 7) is 0.0934. The first-order valence-corrected chi connectivity index (χ1v) is 8.52. The highest BCUT2D eigenvalue weighted by molar-refractivity contribution is 6.31. The lowest BCUT2D eigenvalue weighted by atomic mass is 10.1. The molecule has 3 aromatic rings. The van der Waals surface area contributed by atoms with Gasteiger partial charge in [-0.15, -0.1) is 0 Å². The SMILES string of the molecule is OCCNc1nc(Nc2ccc(Cl)c(C(F)(F)F)c2)cc(-c2ccncc2)n1. The highest BCUT2D eigenvalue weighted by Gasteiger charge is 2.33. The monoisotopic (exact) mass is 409 g/mol. The van der Waals surface area contributed by atoms with Crippen LogP contribution >= 0.6 is 11.6 Å². The van der Waals surface area contributed by atoms with Gasteiger partial charge in [0.2, 0.25) is 5.95 Å². The van der Waals surface area contributed by atoms with E-state index in [9.17, 15) is 13.2 Å². The molecule has 0 unspecified atom stereocenters. The third-order valence-electron chi connectivity index (χ3n) is 3.64. The summed E-state index contributed by atoms with van der Waals surface area (Å²) >= 11 is 5.66. The lowest BCUT2D eigenvalue weighted by Crippen LogP contribution is -2.10. The molecule has 1 aromatic carbocycles. The second-order valence-corrected chi connectivity index (χ2v) is 6.07. The van der Waals surface area contributed by atoms with E-state index in [2.05, 4.69) is 25.6 Å². The summed E-state index contributed by atoms with van der Waals surface area (Å²) in [6.07, 6.45) is -1.38. The van der Waals surface area contributed by atoms with Crippen LogP contribution in [0.4, 0.5) is 30.6 Å². The fraction of sp³-hybridized carbons (Fsp3) is 0.167. The third kappa shape index (κ3) is 4.87. The summed E-state index contributed by atoms with van der Waals surface area (Å²) in [6, 6.07) is 8.59. The van der Waals surface area contributed by atoms with Gasteiger partial charge in [-0.25, -0.2) is 4.98 Å². The predicted molar refractivity (Wildman–Crippen MR) is 101 cm³/mol. The van der Waals surface area contributed by atoms with Gasteiger partial charge in [0.25, 0.3) is 0 Å². The van der Waals surface area contributed by atoms with E-state index in [1.807, 2.05) is 0 Å². The molecule has 2 aromatic heterocycles. The predicted octanol–water partition coefficient (Wildman–Crippen LogP) is 4.36. The first-order chi connectivity index (χ1) is 13.4. The molecule has 0 amide bonds. The van der Waals surface area contributed by atoms with Gasteiger partial charge in [0.05, 0.1) is 22.9 Å². The number of aromatic nitrogens is 3. The summed E-state index contributed by atoms with van der Waals surface area (Å²) in [5, 5.41) is 14.3. The number of hydrogen-bond acceptors (Lipinski definition) is 6. The summed E-state index contributed by atoms with van der Waals surface area (Å²) < 4.78 is 39.2. The van der Waals surface area contributed by atoms with Crippen molar-refractivity contribution in [1.29, 1.82) is 0 Å². The molecule has 3 rings (SSSR count). The standard InChI is InChI=1S/C18H15ClF3N5O/c19-14-2-1-12(9-13(14)18(20,21)22)25-16-10-15(11-3-5-23-6-4-11)26-17(27-16)24-7-8-28/h1-6,9-10,28H,7-8H2,(H2,24,25,26,27). The average Bonchev–Trinajstić information content (AvgIpc) is 2.67. The number of aliphatic hydroxyl groups is 1. The third-order valence-corrected chi connectivity index (χ3v) is 3.97. The number of benzene rings is 1. The molecule has 3 N–H and O–H groups in total. The van der Waals surface area contributed by atoms with Crippen molar-refractivity contribution in [2.75, 3.05) is 23.8 Å². The number of nitrogens with one attached hydrogen (secondary N) is 2. The van der Waals surface area contributed by atoms with Crippen molar-refractivity contribution in [2.24, 2.45) is 0 Å². The van der Waals surface area contributed by atoms with Crippen molar-refractivity contribution in [2.45, 2.75) is 6.18 Å². The van der Waals surface area contributed by atoms with E-state index in [0.29, 0.717) is 5.69 Å². The minimum atomic E-state index is -4.57. The molecule has 0 aliphatic carbocycles. The zero-order chi connectivity index (χ0) is 20.1. The number of halogens is 4. The molecule has 10 heteroatoms. The fourth-order valence-corrected chi connectivity index (χ4v) is 2.62. The number of nitrogens with zero attached hydrogens (tertiary/aromatic N) is 3. The Morgan fingerprint density at radius 2 is 1.79 bits per heavy atom. The van der Waals surface area contributed by atoms with Crippen LogP contribution in [0, 0.1) is 0 Å². The van der Waals surface area contributed by atoms with Crippen molar-refractivity contribution in [3.05, 3.63) is 59.4 Å². The van der Waals surface area contributed by atoms with Crippen molar-refractivity contribution in [3.8, 4) is 11.3 Å². The van der Waals surface area contributed by atoms with Crippen LogP contribution in [-0.2, 0) is 6.18 Å². The summed E-state index contributed by atoms with van der Waals surface area (Å²) in [5.74, 6) is 0.494. The maximum atomic E-state index is 13.1. The highest BCUT2D eigenvalue weighted by atomic mass is 35.5.